The first kappa shape index (κ1) is 73.8. The van der Waals surface area contributed by atoms with Crippen LogP contribution in [-0.4, -0.2) is 37.2 Å². The summed E-state index contributed by atoms with van der Waals surface area (Å²) in [6, 6.07) is 0. The third kappa shape index (κ3) is 63.6. The molecule has 0 spiro atoms. The maximum atomic E-state index is 12.9. The summed E-state index contributed by atoms with van der Waals surface area (Å²) in [6.45, 7) is 6.55. The maximum Gasteiger partial charge on any atom is 0.306 e. The van der Waals surface area contributed by atoms with E-state index < -0.39 is 6.10 Å². The molecule has 0 radical (unpaired) electrons. The Bertz CT molecular complexity index is 1420. The van der Waals surface area contributed by atoms with E-state index in [9.17, 15) is 14.4 Å². The predicted octanol–water partition coefficient (Wildman–Crippen LogP) is 22.9. The second kappa shape index (κ2) is 65.4. The first-order chi connectivity index (χ1) is 38.0. The van der Waals surface area contributed by atoms with Gasteiger partial charge in [0, 0.05) is 19.3 Å². The van der Waals surface area contributed by atoms with E-state index in [0.717, 1.165) is 96.3 Å². The van der Waals surface area contributed by atoms with Crippen LogP contribution in [0.15, 0.2) is 72.9 Å². The number of allylic oxidation sites excluding steroid dienone is 12. The van der Waals surface area contributed by atoms with Crippen molar-refractivity contribution in [2.24, 2.45) is 0 Å². The Balaban J connectivity index is 4.39. The van der Waals surface area contributed by atoms with Crippen LogP contribution in [0.1, 0.15) is 342 Å². The highest BCUT2D eigenvalue weighted by atomic mass is 16.6. The van der Waals surface area contributed by atoms with Gasteiger partial charge in [-0.05, 0) is 89.9 Å². The largest absolute Gasteiger partial charge is 0.462 e. The zero-order chi connectivity index (χ0) is 55.7. The van der Waals surface area contributed by atoms with E-state index in [1.54, 1.807) is 0 Å². The van der Waals surface area contributed by atoms with Gasteiger partial charge in [0.1, 0.15) is 13.2 Å². The quantitative estimate of drug-likeness (QED) is 0.0261. The molecule has 0 aromatic heterocycles. The zero-order valence-corrected chi connectivity index (χ0v) is 51.2. The highest BCUT2D eigenvalue weighted by Gasteiger charge is 2.19. The minimum absolute atomic E-state index is 0.0862. The molecule has 0 aliphatic rings. The van der Waals surface area contributed by atoms with Crippen molar-refractivity contribution < 1.29 is 28.6 Å². The monoisotopic (exact) mass is 1070 g/mol. The van der Waals surface area contributed by atoms with Crippen molar-refractivity contribution >= 4 is 17.9 Å². The van der Waals surface area contributed by atoms with Gasteiger partial charge in [-0.1, -0.05) is 306 Å². The molecule has 446 valence electrons. The molecule has 0 unspecified atom stereocenters. The average molecular weight is 1080 g/mol. The van der Waals surface area contributed by atoms with Crippen molar-refractivity contribution in [3.05, 3.63) is 72.9 Å². The van der Waals surface area contributed by atoms with E-state index in [1.807, 2.05) is 0 Å². The van der Waals surface area contributed by atoms with Crippen LogP contribution in [0, 0.1) is 0 Å². The van der Waals surface area contributed by atoms with Crippen molar-refractivity contribution in [3.63, 3.8) is 0 Å². The third-order valence-electron chi connectivity index (χ3n) is 14.7. The number of esters is 3. The van der Waals surface area contributed by atoms with Gasteiger partial charge in [0.05, 0.1) is 0 Å². The van der Waals surface area contributed by atoms with Crippen LogP contribution in [0.5, 0.6) is 0 Å². The Morgan fingerprint density at radius 1 is 0.273 bits per heavy atom. The normalized spacial score (nSPS) is 12.5. The maximum absolute atomic E-state index is 12.9. The molecular formula is C71H126O6. The van der Waals surface area contributed by atoms with Gasteiger partial charge in [-0.25, -0.2) is 0 Å². The Hall–Kier alpha value is -3.15. The van der Waals surface area contributed by atoms with E-state index in [1.165, 1.54) is 205 Å². The summed E-state index contributed by atoms with van der Waals surface area (Å²) >= 11 is 0. The molecule has 0 fully saturated rings. The van der Waals surface area contributed by atoms with E-state index in [2.05, 4.69) is 93.7 Å². The van der Waals surface area contributed by atoms with Crippen LogP contribution in [-0.2, 0) is 28.6 Å². The van der Waals surface area contributed by atoms with Crippen LogP contribution in [0.2, 0.25) is 0 Å². The summed E-state index contributed by atoms with van der Waals surface area (Å²) in [5.74, 6) is -0.901. The summed E-state index contributed by atoms with van der Waals surface area (Å²) in [4.78, 5) is 38.4. The molecule has 6 heteroatoms. The van der Waals surface area contributed by atoms with Crippen molar-refractivity contribution in [2.75, 3.05) is 13.2 Å². The first-order valence-electron chi connectivity index (χ1n) is 33.4. The lowest BCUT2D eigenvalue weighted by atomic mass is 10.0. The van der Waals surface area contributed by atoms with Crippen molar-refractivity contribution in [1.29, 1.82) is 0 Å². The van der Waals surface area contributed by atoms with Crippen LogP contribution < -0.4 is 0 Å². The Labute approximate surface area is 478 Å². The number of carbonyl (C=O) groups excluding carboxylic acids is 3. The topological polar surface area (TPSA) is 78.9 Å². The zero-order valence-electron chi connectivity index (χ0n) is 51.2. The van der Waals surface area contributed by atoms with Crippen LogP contribution in [0.4, 0.5) is 0 Å². The van der Waals surface area contributed by atoms with Crippen molar-refractivity contribution in [3.8, 4) is 0 Å². The molecule has 0 heterocycles. The van der Waals surface area contributed by atoms with Gasteiger partial charge in [0.2, 0.25) is 0 Å². The molecular weight excluding hydrogens is 949 g/mol. The molecule has 1 atom stereocenters. The molecule has 0 rings (SSSR count). The Kier molecular flexibility index (Phi) is 62.7. The number of hydrogen-bond acceptors (Lipinski definition) is 6. The molecule has 0 saturated heterocycles. The molecule has 0 aliphatic heterocycles. The minimum Gasteiger partial charge on any atom is -0.462 e. The SMILES string of the molecule is CC/C=C\C/C=C\C/C=C\C/C=C\C/C=C\CCCCCC(=O)O[C@H](COC(=O)CCCCCCCCCCC/C=C\CCCCCCCC)COC(=O)CCCCCCCCCCCCCCCCCCCCCCC. The van der Waals surface area contributed by atoms with Gasteiger partial charge in [-0.2, -0.15) is 0 Å². The van der Waals surface area contributed by atoms with E-state index in [4.69, 9.17) is 14.2 Å². The number of hydrogen-bond donors (Lipinski definition) is 0. The Morgan fingerprint density at radius 3 is 0.818 bits per heavy atom. The fraction of sp³-hybridized carbons (Fsp3) is 0.789. The lowest BCUT2D eigenvalue weighted by Gasteiger charge is -2.18. The van der Waals surface area contributed by atoms with Gasteiger partial charge in [-0.15, -0.1) is 0 Å². The van der Waals surface area contributed by atoms with Gasteiger partial charge < -0.3 is 14.2 Å². The second-order valence-corrected chi connectivity index (χ2v) is 22.4. The molecule has 0 saturated carbocycles. The molecule has 0 amide bonds. The van der Waals surface area contributed by atoms with Gasteiger partial charge in [-0.3, -0.25) is 14.4 Å². The highest BCUT2D eigenvalue weighted by molar-refractivity contribution is 5.71. The van der Waals surface area contributed by atoms with E-state index in [0.29, 0.717) is 19.3 Å². The second-order valence-electron chi connectivity index (χ2n) is 22.4. The molecule has 0 N–H and O–H groups in total. The molecule has 0 aromatic carbocycles. The van der Waals surface area contributed by atoms with Crippen LogP contribution in [0.25, 0.3) is 0 Å². The summed E-state index contributed by atoms with van der Waals surface area (Å²) in [5.41, 5.74) is 0. The first-order valence-corrected chi connectivity index (χ1v) is 33.4. The van der Waals surface area contributed by atoms with E-state index >= 15 is 0 Å². The van der Waals surface area contributed by atoms with Gasteiger partial charge in [0.25, 0.3) is 0 Å². The number of rotatable bonds is 61. The number of carbonyl (C=O) groups is 3. The minimum atomic E-state index is -0.794. The highest BCUT2D eigenvalue weighted by Crippen LogP contribution is 2.17. The standard InChI is InChI=1S/C71H126O6/c1-4-7-10-13-16-19-22-25-28-31-34-35-38-40-43-46-49-52-55-58-61-64-70(73)76-67-68(77-71(74)65-62-59-56-53-50-47-44-41-37-33-30-27-24-21-18-15-12-9-6-3)66-75-69(72)63-60-57-54-51-48-45-42-39-36-32-29-26-23-20-17-14-11-8-5-2/h9,12,18,21,26-27,29-30,37,41,47,50,68H,4-8,10-11,13-17,19-20,22-25,28,31-36,38-40,42-46,48-49,51-67H2,1-3H3/b12-9-,21-18-,29-26-,30-27-,41-37-,50-47-/t68-/m1/s1. The lowest BCUT2D eigenvalue weighted by Crippen LogP contribution is -2.30. The smallest absolute Gasteiger partial charge is 0.306 e. The summed E-state index contributed by atoms with van der Waals surface area (Å²) < 4.78 is 16.9. The molecule has 77 heavy (non-hydrogen) atoms. The van der Waals surface area contributed by atoms with Crippen LogP contribution in [0.3, 0.4) is 0 Å². The van der Waals surface area contributed by atoms with Crippen LogP contribution >= 0.6 is 0 Å². The molecule has 6 nitrogen and oxygen atoms in total. The molecule has 0 bridgehead atoms. The number of unbranched alkanes of at least 4 members (excludes halogenated alkanes) is 38. The lowest BCUT2D eigenvalue weighted by molar-refractivity contribution is -0.167. The summed E-state index contributed by atoms with van der Waals surface area (Å²) in [5, 5.41) is 0. The van der Waals surface area contributed by atoms with E-state index in [-0.39, 0.29) is 31.1 Å². The predicted molar refractivity (Wildman–Crippen MR) is 335 cm³/mol. The summed E-state index contributed by atoms with van der Waals surface area (Å²) in [6.07, 6.45) is 84.8. The molecule has 0 aromatic rings. The third-order valence-corrected chi connectivity index (χ3v) is 14.7. The van der Waals surface area contributed by atoms with Crippen molar-refractivity contribution in [2.45, 2.75) is 348 Å². The Morgan fingerprint density at radius 2 is 0.506 bits per heavy atom. The fourth-order valence-corrected chi connectivity index (χ4v) is 9.70. The van der Waals surface area contributed by atoms with Gasteiger partial charge in [0.15, 0.2) is 6.10 Å². The fourth-order valence-electron chi connectivity index (χ4n) is 9.70. The van der Waals surface area contributed by atoms with Crippen molar-refractivity contribution in [1.82, 2.24) is 0 Å². The average Bonchev–Trinajstić information content (AvgIpc) is 3.43. The molecule has 0 aliphatic carbocycles. The van der Waals surface area contributed by atoms with Gasteiger partial charge >= 0.3 is 17.9 Å². The summed E-state index contributed by atoms with van der Waals surface area (Å²) in [7, 11) is 0. The number of ether oxygens (including phenoxy) is 3.